The minimum atomic E-state index is -2.87. The Morgan fingerprint density at radius 3 is 1.57 bits per heavy atom. The molecule has 6 aromatic heterocycles. The van der Waals surface area contributed by atoms with E-state index in [1.54, 1.807) is 18.5 Å². The lowest BCUT2D eigenvalue weighted by Gasteiger charge is -2.10. The first kappa shape index (κ1) is 47.0. The Balaban J connectivity index is 0.000000154. The molecule has 18 nitrogen and oxygen atoms in total. The average molecular weight is 1040 g/mol. The maximum absolute atomic E-state index is 14.5. The fourth-order valence-corrected chi connectivity index (χ4v) is 6.88. The minimum absolute atomic E-state index is 0.0662. The van der Waals surface area contributed by atoms with Crippen LogP contribution in [0.1, 0.15) is 24.6 Å². The molecule has 68 heavy (non-hydrogen) atoms. The third-order valence-corrected chi connectivity index (χ3v) is 10.1. The zero-order valence-electron chi connectivity index (χ0n) is 33.6. The molecular formula is C40H24BBrCl2F6N14O4. The number of halogens is 9. The molecule has 0 radical (unpaired) electrons. The van der Waals surface area contributed by atoms with Crippen LogP contribution < -0.4 is 16.1 Å². The Kier molecular flexibility index (Phi) is 14.2. The maximum atomic E-state index is 14.5. The zero-order valence-corrected chi connectivity index (χ0v) is 36.7. The number of alkyl halides is 4. The summed E-state index contributed by atoms with van der Waals surface area (Å²) in [7, 11) is -1.81. The highest BCUT2D eigenvalue weighted by Crippen LogP contribution is 2.35. The highest BCUT2D eigenvalue weighted by Gasteiger charge is 2.20. The summed E-state index contributed by atoms with van der Waals surface area (Å²) in [5.41, 5.74) is 5.41. The number of benzene rings is 4. The Morgan fingerprint density at radius 2 is 1.07 bits per heavy atom. The maximum Gasteiger partial charge on any atom is 0.491 e. The third kappa shape index (κ3) is 11.0. The van der Waals surface area contributed by atoms with Crippen LogP contribution in [-0.4, -0.2) is 77.4 Å². The highest BCUT2D eigenvalue weighted by molar-refractivity contribution is 9.10. The lowest BCUT2D eigenvalue weighted by molar-refractivity contribution is 0.115. The molecule has 0 aliphatic heterocycles. The number of nitrogens with one attached hydrogen (secondary N) is 4. The molecule has 10 rings (SSSR count). The molecule has 10 aromatic rings. The average Bonchev–Trinajstić information content (AvgIpc) is 4.17. The van der Waals surface area contributed by atoms with E-state index in [1.807, 2.05) is 12.1 Å². The van der Waals surface area contributed by atoms with E-state index in [-0.39, 0.29) is 33.8 Å². The molecule has 0 aliphatic carbocycles. The molecular weight excluding hydrogens is 1020 g/mol. The van der Waals surface area contributed by atoms with E-state index in [1.165, 1.54) is 61.4 Å². The molecule has 0 aliphatic rings. The van der Waals surface area contributed by atoms with Gasteiger partial charge in [0, 0.05) is 67.3 Å². The van der Waals surface area contributed by atoms with Crippen LogP contribution in [0.3, 0.4) is 0 Å². The first-order valence-corrected chi connectivity index (χ1v) is 20.5. The van der Waals surface area contributed by atoms with Crippen molar-refractivity contribution in [2.45, 2.75) is 12.9 Å². The lowest BCUT2D eigenvalue weighted by Crippen LogP contribution is -2.32. The number of hydrogen-bond acceptors (Lipinski definition) is 16. The van der Waals surface area contributed by atoms with Crippen molar-refractivity contribution in [3.05, 3.63) is 136 Å². The van der Waals surface area contributed by atoms with Crippen molar-refractivity contribution in [2.24, 2.45) is 0 Å². The van der Waals surface area contributed by atoms with E-state index in [4.69, 9.17) is 42.1 Å². The van der Waals surface area contributed by atoms with Gasteiger partial charge in [-0.15, -0.1) is 20.4 Å². The van der Waals surface area contributed by atoms with E-state index < -0.39 is 43.4 Å². The molecule has 0 amide bonds. The second-order valence-corrected chi connectivity index (χ2v) is 15.3. The van der Waals surface area contributed by atoms with Gasteiger partial charge in [-0.3, -0.25) is 0 Å². The fourth-order valence-electron chi connectivity index (χ4n) is 5.97. The predicted octanol–water partition coefficient (Wildman–Crippen LogP) is 9.55. The quantitative estimate of drug-likeness (QED) is 0.0551. The van der Waals surface area contributed by atoms with Crippen molar-refractivity contribution in [3.8, 4) is 34.0 Å². The molecule has 0 atom stereocenters. The van der Waals surface area contributed by atoms with Crippen molar-refractivity contribution in [1.29, 1.82) is 0 Å². The number of rotatable bonds is 10. The number of aromatic amines is 2. The SMILES string of the molecule is FC(F)c1nnc(-c2cnc(Nc3cc(Br)c4nc[nH]c4c3)nc2)o1.Fc1ccc(Cl)cc1-c1cc(Nc2ncc(-c3nnc(C(F)F)o3)cn2)cc2[nH]cnc12.OB(O)c1cc(Cl)ccc1F. The summed E-state index contributed by atoms with van der Waals surface area (Å²) in [6.07, 6.45) is 2.93. The summed E-state index contributed by atoms with van der Waals surface area (Å²) < 4.78 is 87.9. The van der Waals surface area contributed by atoms with Crippen molar-refractivity contribution < 1.29 is 45.2 Å². The Morgan fingerprint density at radius 1 is 0.588 bits per heavy atom. The van der Waals surface area contributed by atoms with Crippen molar-refractivity contribution in [2.75, 3.05) is 10.6 Å². The van der Waals surface area contributed by atoms with Gasteiger partial charge < -0.3 is 39.5 Å². The molecule has 0 saturated heterocycles. The summed E-state index contributed by atoms with van der Waals surface area (Å²) in [4.78, 5) is 31.0. The normalized spacial score (nSPS) is 11.1. The van der Waals surface area contributed by atoms with Crippen molar-refractivity contribution in [1.82, 2.24) is 60.3 Å². The number of nitrogens with zero attached hydrogens (tertiary/aromatic N) is 10. The highest BCUT2D eigenvalue weighted by atomic mass is 79.9. The third-order valence-electron chi connectivity index (χ3n) is 9.02. The van der Waals surface area contributed by atoms with Crippen molar-refractivity contribution >= 4 is 97.1 Å². The first-order chi connectivity index (χ1) is 32.7. The Bertz CT molecular complexity index is 3350. The standard InChI is InChI=1S/C20H11ClF3N7O.C14H8BrF2N7O.C6H5BClFO2/c21-10-1-2-14(22)12(3-10)13-4-11(5-15-16(13)28-8-27-15)29-20-25-6-9(7-26-20)18-30-31-19(32-18)17(23)24;15-8-1-7(2-9-10(8)21-5-20-9)22-14-18-3-6(4-19-14)12-23-24-13(25-12)11(16)17;8-4-1-2-6(9)5(3-4)7(10)11/h1-8,17H,(H,27,28)(H,25,26,29);1-5,11H,(H,20,21)(H,18,19,22);1-3,10-11H. The van der Waals surface area contributed by atoms with Gasteiger partial charge in [-0.05, 0) is 76.6 Å². The molecule has 28 heteroatoms. The van der Waals surface area contributed by atoms with E-state index >= 15 is 0 Å². The minimum Gasteiger partial charge on any atom is -0.423 e. The smallest absolute Gasteiger partial charge is 0.423 e. The molecule has 6 heterocycles. The van der Waals surface area contributed by atoms with Crippen LogP contribution in [0.25, 0.3) is 56.1 Å². The van der Waals surface area contributed by atoms with Crippen LogP contribution in [0.2, 0.25) is 10.0 Å². The molecule has 0 spiro atoms. The number of fused-ring (bicyclic) bond motifs is 2. The van der Waals surface area contributed by atoms with Crippen LogP contribution >= 0.6 is 39.1 Å². The molecule has 344 valence electrons. The molecule has 0 saturated carbocycles. The van der Waals surface area contributed by atoms with Crippen LogP contribution in [0.4, 0.5) is 49.6 Å². The summed E-state index contributed by atoms with van der Waals surface area (Å²) >= 11 is 15.0. The molecule has 0 bridgehead atoms. The molecule has 6 N–H and O–H groups in total. The summed E-state index contributed by atoms with van der Waals surface area (Å²) in [6, 6.07) is 15.0. The summed E-state index contributed by atoms with van der Waals surface area (Å²) in [6.45, 7) is 0. The fraction of sp³-hybridized carbons (Fsp3) is 0.0500. The zero-order chi connectivity index (χ0) is 48.1. The molecule has 0 fully saturated rings. The van der Waals surface area contributed by atoms with Gasteiger partial charge in [0.25, 0.3) is 23.6 Å². The van der Waals surface area contributed by atoms with Gasteiger partial charge in [0.15, 0.2) is 0 Å². The van der Waals surface area contributed by atoms with E-state index in [9.17, 15) is 26.3 Å². The van der Waals surface area contributed by atoms with Gasteiger partial charge in [-0.25, -0.2) is 38.7 Å². The monoisotopic (exact) mass is 1040 g/mol. The second-order valence-electron chi connectivity index (χ2n) is 13.6. The number of aromatic nitrogens is 12. The number of H-pyrrole nitrogens is 2. The van der Waals surface area contributed by atoms with Crippen molar-refractivity contribution in [3.63, 3.8) is 0 Å². The first-order valence-electron chi connectivity index (χ1n) is 19.0. The van der Waals surface area contributed by atoms with Gasteiger partial charge in [0.2, 0.25) is 11.9 Å². The Labute approximate surface area is 394 Å². The summed E-state index contributed by atoms with van der Waals surface area (Å²) in [5, 5.41) is 37.5. The van der Waals surface area contributed by atoms with Gasteiger partial charge in [-0.1, -0.05) is 23.2 Å². The largest absolute Gasteiger partial charge is 0.491 e. The van der Waals surface area contributed by atoms with Crippen LogP contribution in [-0.2, 0) is 0 Å². The number of hydrogen-bond donors (Lipinski definition) is 6. The van der Waals surface area contributed by atoms with Crippen LogP contribution in [0, 0.1) is 11.6 Å². The van der Waals surface area contributed by atoms with Gasteiger partial charge >= 0.3 is 20.0 Å². The molecule has 0 unspecified atom stereocenters. The van der Waals surface area contributed by atoms with Crippen LogP contribution in [0.5, 0.6) is 0 Å². The van der Waals surface area contributed by atoms with E-state index in [0.29, 0.717) is 44.4 Å². The van der Waals surface area contributed by atoms with Gasteiger partial charge in [0.05, 0.1) is 40.3 Å². The lowest BCUT2D eigenvalue weighted by atomic mass is 9.80. The van der Waals surface area contributed by atoms with E-state index in [0.717, 1.165) is 27.3 Å². The topological polar surface area (TPSA) is 251 Å². The summed E-state index contributed by atoms with van der Waals surface area (Å²) in [5.74, 6) is -2.30. The predicted molar refractivity (Wildman–Crippen MR) is 239 cm³/mol. The van der Waals surface area contributed by atoms with Gasteiger partial charge in [-0.2, -0.15) is 17.6 Å². The second kappa shape index (κ2) is 20.6. The number of anilines is 4. The molecule has 4 aromatic carbocycles. The van der Waals surface area contributed by atoms with Crippen LogP contribution in [0.15, 0.2) is 111 Å². The van der Waals surface area contributed by atoms with Gasteiger partial charge in [0.1, 0.15) is 17.2 Å². The van der Waals surface area contributed by atoms with E-state index in [2.05, 4.69) is 86.8 Å². The Hall–Kier alpha value is -7.52. The number of imidazole rings is 2.